The molecule has 37 heavy (non-hydrogen) atoms. The van der Waals surface area contributed by atoms with Gasteiger partial charge in [0.2, 0.25) is 0 Å². The van der Waals surface area contributed by atoms with Crippen LogP contribution in [0.1, 0.15) is 61.2 Å². The van der Waals surface area contributed by atoms with Crippen LogP contribution in [0.5, 0.6) is 0 Å². The SMILES string of the molecule is CCSNCC(C)CCc1ccc(C2c3[nH]c4ccc(Cl)cc4c3CCN2c2ccc(CC)cc2)cc1. The molecule has 0 radical (unpaired) electrons. The number of nitrogens with zero attached hydrogens (tertiary/aromatic N) is 1. The summed E-state index contributed by atoms with van der Waals surface area (Å²) in [5.74, 6) is 1.78. The van der Waals surface area contributed by atoms with E-state index in [1.165, 1.54) is 51.0 Å². The Labute approximate surface area is 231 Å². The number of aromatic nitrogens is 1. The van der Waals surface area contributed by atoms with Gasteiger partial charge in [0, 0.05) is 46.1 Å². The molecule has 2 heterocycles. The number of rotatable bonds is 10. The maximum absolute atomic E-state index is 6.40. The topological polar surface area (TPSA) is 31.1 Å². The van der Waals surface area contributed by atoms with Crippen LogP contribution in [0.25, 0.3) is 10.9 Å². The first kappa shape index (κ1) is 26.2. The van der Waals surface area contributed by atoms with Gasteiger partial charge in [0.25, 0.3) is 0 Å². The maximum atomic E-state index is 6.40. The van der Waals surface area contributed by atoms with E-state index >= 15 is 0 Å². The highest BCUT2D eigenvalue weighted by molar-refractivity contribution is 7.97. The lowest BCUT2D eigenvalue weighted by Gasteiger charge is -2.38. The van der Waals surface area contributed by atoms with Gasteiger partial charge in [-0.15, -0.1) is 0 Å². The summed E-state index contributed by atoms with van der Waals surface area (Å²) in [5, 5.41) is 2.06. The molecule has 1 aliphatic rings. The lowest BCUT2D eigenvalue weighted by atomic mass is 9.90. The second-order valence-corrected chi connectivity index (χ2v) is 11.8. The maximum Gasteiger partial charge on any atom is 0.0947 e. The van der Waals surface area contributed by atoms with Crippen LogP contribution in [0, 0.1) is 5.92 Å². The molecule has 3 aromatic carbocycles. The second-order valence-electron chi connectivity index (χ2n) is 10.2. The predicted molar refractivity (Wildman–Crippen MR) is 162 cm³/mol. The molecule has 194 valence electrons. The highest BCUT2D eigenvalue weighted by Gasteiger charge is 2.32. The first-order valence-corrected chi connectivity index (χ1v) is 15.0. The molecule has 1 aliphatic heterocycles. The predicted octanol–water partition coefficient (Wildman–Crippen LogP) is 8.36. The minimum absolute atomic E-state index is 0.144. The molecular formula is C32H38ClN3S. The van der Waals surface area contributed by atoms with Crippen molar-refractivity contribution in [3.63, 3.8) is 0 Å². The number of aromatic amines is 1. The van der Waals surface area contributed by atoms with E-state index in [1.54, 1.807) is 0 Å². The van der Waals surface area contributed by atoms with Crippen molar-refractivity contribution < 1.29 is 0 Å². The zero-order valence-electron chi connectivity index (χ0n) is 22.2. The molecule has 0 saturated carbocycles. The Morgan fingerprint density at radius 2 is 1.78 bits per heavy atom. The van der Waals surface area contributed by atoms with Gasteiger partial charge in [-0.1, -0.05) is 80.7 Å². The van der Waals surface area contributed by atoms with E-state index in [9.17, 15) is 0 Å². The lowest BCUT2D eigenvalue weighted by Crippen LogP contribution is -2.36. The van der Waals surface area contributed by atoms with E-state index < -0.39 is 0 Å². The monoisotopic (exact) mass is 531 g/mol. The second kappa shape index (κ2) is 12.0. The molecule has 0 bridgehead atoms. The van der Waals surface area contributed by atoms with Gasteiger partial charge in [0.15, 0.2) is 0 Å². The summed E-state index contributed by atoms with van der Waals surface area (Å²) in [7, 11) is 0. The molecule has 3 nitrogen and oxygen atoms in total. The van der Waals surface area contributed by atoms with Gasteiger partial charge in [0.05, 0.1) is 6.04 Å². The molecule has 2 atom stereocenters. The van der Waals surface area contributed by atoms with Crippen LogP contribution in [0.2, 0.25) is 5.02 Å². The fourth-order valence-corrected chi connectivity index (χ4v) is 6.27. The Hall–Kier alpha value is -2.40. The zero-order valence-corrected chi connectivity index (χ0v) is 23.8. The Morgan fingerprint density at radius 1 is 1.03 bits per heavy atom. The fourth-order valence-electron chi connectivity index (χ4n) is 5.49. The number of hydrogen-bond donors (Lipinski definition) is 2. The van der Waals surface area contributed by atoms with Crippen LogP contribution in [-0.2, 0) is 19.3 Å². The zero-order chi connectivity index (χ0) is 25.8. The number of nitrogens with one attached hydrogen (secondary N) is 2. The highest BCUT2D eigenvalue weighted by Crippen LogP contribution is 2.41. The minimum Gasteiger partial charge on any atom is -0.359 e. The largest absolute Gasteiger partial charge is 0.359 e. The normalized spacial score (nSPS) is 16.2. The van der Waals surface area contributed by atoms with Gasteiger partial charge in [-0.25, -0.2) is 0 Å². The Bertz CT molecular complexity index is 1310. The quantitative estimate of drug-likeness (QED) is 0.159. The Kier molecular flexibility index (Phi) is 8.49. The summed E-state index contributed by atoms with van der Waals surface area (Å²) in [4.78, 5) is 6.35. The first-order valence-electron chi connectivity index (χ1n) is 13.7. The van der Waals surface area contributed by atoms with Gasteiger partial charge in [-0.05, 0) is 84.2 Å². The van der Waals surface area contributed by atoms with Gasteiger partial charge in [0.1, 0.15) is 0 Å². The van der Waals surface area contributed by atoms with Gasteiger partial charge in [-0.3, -0.25) is 4.72 Å². The van der Waals surface area contributed by atoms with Gasteiger partial charge in [-0.2, -0.15) is 0 Å². The average Bonchev–Trinajstić information content (AvgIpc) is 3.30. The molecule has 0 aliphatic carbocycles. The summed E-state index contributed by atoms with van der Waals surface area (Å²) in [6.45, 7) is 8.78. The van der Waals surface area contributed by atoms with E-state index in [-0.39, 0.29) is 6.04 Å². The summed E-state index contributed by atoms with van der Waals surface area (Å²) in [6.07, 6.45) is 4.37. The van der Waals surface area contributed by atoms with Crippen molar-refractivity contribution in [1.82, 2.24) is 9.71 Å². The molecule has 2 N–H and O–H groups in total. The number of aryl methyl sites for hydroxylation is 2. The van der Waals surface area contributed by atoms with Crippen molar-refractivity contribution in [3.8, 4) is 0 Å². The molecular weight excluding hydrogens is 494 g/mol. The fraction of sp³-hybridized carbons (Fsp3) is 0.375. The first-order chi connectivity index (χ1) is 18.1. The summed E-state index contributed by atoms with van der Waals surface area (Å²) in [6, 6.07) is 24.8. The Balaban J connectivity index is 1.44. The molecule has 5 heteroatoms. The molecule has 1 aromatic heterocycles. The van der Waals surface area contributed by atoms with Crippen LogP contribution in [0.4, 0.5) is 5.69 Å². The van der Waals surface area contributed by atoms with E-state index in [2.05, 4.69) is 96.0 Å². The molecule has 0 saturated heterocycles. The van der Waals surface area contributed by atoms with Crippen LogP contribution in [0.3, 0.4) is 0 Å². The van der Waals surface area contributed by atoms with Crippen LogP contribution in [-0.4, -0.2) is 23.8 Å². The number of H-pyrrole nitrogens is 1. The van der Waals surface area contributed by atoms with Crippen LogP contribution in [0.15, 0.2) is 66.7 Å². The number of halogens is 1. The van der Waals surface area contributed by atoms with E-state index in [0.29, 0.717) is 5.92 Å². The molecule has 0 fully saturated rings. The van der Waals surface area contributed by atoms with Gasteiger partial charge >= 0.3 is 0 Å². The molecule has 0 amide bonds. The third-order valence-corrected chi connectivity index (χ3v) is 8.56. The molecule has 4 aromatic rings. The van der Waals surface area contributed by atoms with Crippen molar-refractivity contribution in [2.75, 3.05) is 23.7 Å². The van der Waals surface area contributed by atoms with Crippen molar-refractivity contribution in [1.29, 1.82) is 0 Å². The van der Waals surface area contributed by atoms with Crippen molar-refractivity contribution in [2.24, 2.45) is 5.92 Å². The Morgan fingerprint density at radius 3 is 2.51 bits per heavy atom. The molecule has 5 rings (SSSR count). The number of fused-ring (bicyclic) bond motifs is 3. The summed E-state index contributed by atoms with van der Waals surface area (Å²) in [5.41, 5.74) is 9.26. The average molecular weight is 532 g/mol. The van der Waals surface area contributed by atoms with Crippen molar-refractivity contribution >= 4 is 40.1 Å². The molecule has 0 spiro atoms. The lowest BCUT2D eigenvalue weighted by molar-refractivity contribution is 0.530. The summed E-state index contributed by atoms with van der Waals surface area (Å²) < 4.78 is 3.47. The van der Waals surface area contributed by atoms with Crippen LogP contribution < -0.4 is 9.62 Å². The molecule has 2 unspecified atom stereocenters. The van der Waals surface area contributed by atoms with E-state index in [0.717, 1.165) is 43.1 Å². The smallest absolute Gasteiger partial charge is 0.0947 e. The van der Waals surface area contributed by atoms with Crippen LogP contribution >= 0.6 is 23.5 Å². The van der Waals surface area contributed by atoms with E-state index in [1.807, 2.05) is 18.0 Å². The van der Waals surface area contributed by atoms with Gasteiger partial charge < -0.3 is 9.88 Å². The van der Waals surface area contributed by atoms with Crippen molar-refractivity contribution in [3.05, 3.63) is 99.7 Å². The third kappa shape index (κ3) is 5.87. The van der Waals surface area contributed by atoms with E-state index in [4.69, 9.17) is 11.6 Å². The number of hydrogen-bond acceptors (Lipinski definition) is 3. The summed E-state index contributed by atoms with van der Waals surface area (Å²) >= 11 is 8.21. The number of benzene rings is 3. The standard InChI is InChI=1S/C32H38ClN3S/c1-4-23-10-15-27(16-11-23)36-19-18-28-29-20-26(33)14-17-30(29)35-31(28)32(36)25-12-8-24(9-13-25)7-6-22(3)21-34-37-5-2/h8-17,20,22,32,34-35H,4-7,18-19,21H2,1-3H3. The third-order valence-electron chi connectivity index (χ3n) is 7.66. The highest BCUT2D eigenvalue weighted by atomic mass is 35.5. The minimum atomic E-state index is 0.144. The number of anilines is 1. The van der Waals surface area contributed by atoms with Crippen molar-refractivity contribution in [2.45, 2.75) is 52.5 Å².